The highest BCUT2D eigenvalue weighted by Gasteiger charge is 2.26. The Hall–Kier alpha value is -2.45. The third kappa shape index (κ3) is 4.52. The van der Waals surface area contributed by atoms with Gasteiger partial charge >= 0.3 is 0 Å². The molecule has 0 aromatic heterocycles. The van der Waals surface area contributed by atoms with E-state index in [0.29, 0.717) is 13.1 Å². The number of halogens is 1. The number of fused-ring (bicyclic) bond motifs is 1. The van der Waals surface area contributed by atoms with Gasteiger partial charge in [0.1, 0.15) is 0 Å². The second-order valence-electron chi connectivity index (χ2n) is 8.14. The highest BCUT2D eigenvalue weighted by molar-refractivity contribution is 7.89. The first-order chi connectivity index (χ1) is 15.3. The number of rotatable bonds is 5. The van der Waals surface area contributed by atoms with E-state index >= 15 is 0 Å². The molecule has 0 atom stereocenters. The summed E-state index contributed by atoms with van der Waals surface area (Å²) in [5.74, 6) is -0.240. The zero-order valence-electron chi connectivity index (χ0n) is 18.2. The van der Waals surface area contributed by atoms with E-state index in [2.05, 4.69) is 41.3 Å². The van der Waals surface area contributed by atoms with Gasteiger partial charge < -0.3 is 4.90 Å². The number of sulfonamides is 1. The fourth-order valence-corrected chi connectivity index (χ4v) is 5.12. The Kier molecular flexibility index (Phi) is 6.53. The Labute approximate surface area is 194 Å². The maximum atomic E-state index is 13.1. The van der Waals surface area contributed by atoms with Gasteiger partial charge in [-0.2, -0.15) is 0 Å². The van der Waals surface area contributed by atoms with Gasteiger partial charge in [-0.25, -0.2) is 12.7 Å². The number of amides is 1. The van der Waals surface area contributed by atoms with E-state index in [4.69, 9.17) is 11.6 Å². The minimum Gasteiger partial charge on any atom is -0.336 e. The Balaban J connectivity index is 1.46. The van der Waals surface area contributed by atoms with Crippen molar-refractivity contribution in [2.24, 2.45) is 0 Å². The highest BCUT2D eigenvalue weighted by Crippen LogP contribution is 2.25. The van der Waals surface area contributed by atoms with Crippen LogP contribution in [0.1, 0.15) is 15.9 Å². The maximum absolute atomic E-state index is 13.1. The van der Waals surface area contributed by atoms with Crippen LogP contribution in [0.15, 0.2) is 65.6 Å². The quantitative estimate of drug-likeness (QED) is 0.569. The van der Waals surface area contributed by atoms with E-state index in [9.17, 15) is 13.2 Å². The average Bonchev–Trinajstić information content (AvgIpc) is 2.79. The summed E-state index contributed by atoms with van der Waals surface area (Å²) >= 11 is 6.27. The molecule has 168 valence electrons. The predicted octanol–water partition coefficient (Wildman–Crippen LogP) is 3.70. The summed E-state index contributed by atoms with van der Waals surface area (Å²) < 4.78 is 26.0. The van der Waals surface area contributed by atoms with Crippen LogP contribution in [0.4, 0.5) is 0 Å². The molecule has 1 amide bonds. The lowest BCUT2D eigenvalue weighted by Gasteiger charge is -2.35. The van der Waals surface area contributed by atoms with E-state index in [1.54, 1.807) is 4.90 Å². The Morgan fingerprint density at radius 3 is 2.38 bits per heavy atom. The van der Waals surface area contributed by atoms with Crippen LogP contribution >= 0.6 is 11.6 Å². The molecule has 0 unspecified atom stereocenters. The summed E-state index contributed by atoms with van der Waals surface area (Å²) in [7, 11) is -0.728. The number of hydrogen-bond acceptors (Lipinski definition) is 4. The van der Waals surface area contributed by atoms with Gasteiger partial charge in [0.05, 0.1) is 15.5 Å². The minimum atomic E-state index is -3.65. The fourth-order valence-electron chi connectivity index (χ4n) is 3.99. The first-order valence-electron chi connectivity index (χ1n) is 10.5. The Morgan fingerprint density at radius 2 is 1.66 bits per heavy atom. The van der Waals surface area contributed by atoms with E-state index in [1.807, 2.05) is 6.07 Å². The van der Waals surface area contributed by atoms with E-state index in [0.717, 1.165) is 23.9 Å². The third-order valence-electron chi connectivity index (χ3n) is 5.88. The number of carbonyl (C=O) groups excluding carboxylic acids is 1. The molecule has 0 N–H and O–H groups in total. The van der Waals surface area contributed by atoms with Crippen molar-refractivity contribution in [3.8, 4) is 0 Å². The van der Waals surface area contributed by atoms with Crippen molar-refractivity contribution in [2.75, 3.05) is 40.3 Å². The van der Waals surface area contributed by atoms with Crippen molar-refractivity contribution >= 4 is 38.3 Å². The highest BCUT2D eigenvalue weighted by atomic mass is 35.5. The van der Waals surface area contributed by atoms with Crippen molar-refractivity contribution in [1.29, 1.82) is 0 Å². The number of hydrogen-bond donors (Lipinski definition) is 0. The number of benzene rings is 3. The van der Waals surface area contributed by atoms with Crippen molar-refractivity contribution in [3.63, 3.8) is 0 Å². The molecule has 1 aliphatic rings. The topological polar surface area (TPSA) is 60.9 Å². The van der Waals surface area contributed by atoms with Crippen LogP contribution in [-0.4, -0.2) is 68.7 Å². The molecule has 3 aromatic carbocycles. The normalized spacial score (nSPS) is 15.4. The summed E-state index contributed by atoms with van der Waals surface area (Å²) in [6.07, 6.45) is 0. The molecule has 0 aliphatic carbocycles. The third-order valence-corrected chi connectivity index (χ3v) is 8.02. The maximum Gasteiger partial charge on any atom is 0.255 e. The van der Waals surface area contributed by atoms with Gasteiger partial charge in [0.15, 0.2) is 0 Å². The number of nitrogens with zero attached hydrogens (tertiary/aromatic N) is 3. The summed E-state index contributed by atoms with van der Waals surface area (Å²) in [6.45, 7) is 3.42. The molecule has 0 radical (unpaired) electrons. The van der Waals surface area contributed by atoms with Crippen molar-refractivity contribution in [2.45, 2.75) is 11.4 Å². The first-order valence-corrected chi connectivity index (χ1v) is 12.3. The number of piperazine rings is 1. The van der Waals surface area contributed by atoms with Gasteiger partial charge in [0.25, 0.3) is 5.91 Å². The van der Waals surface area contributed by atoms with Gasteiger partial charge in [-0.1, -0.05) is 54.1 Å². The van der Waals surface area contributed by atoms with Gasteiger partial charge in [0.2, 0.25) is 10.0 Å². The largest absolute Gasteiger partial charge is 0.336 e. The Morgan fingerprint density at radius 1 is 0.969 bits per heavy atom. The fraction of sp³-hybridized carbons (Fsp3) is 0.292. The number of carbonyl (C=O) groups is 1. The molecule has 4 rings (SSSR count). The molecule has 0 saturated carbocycles. The summed E-state index contributed by atoms with van der Waals surface area (Å²) in [6, 6.07) is 19.0. The van der Waals surface area contributed by atoms with Gasteiger partial charge in [-0.05, 0) is 34.5 Å². The second kappa shape index (κ2) is 9.19. The lowest BCUT2D eigenvalue weighted by atomic mass is 10.0. The van der Waals surface area contributed by atoms with Crippen LogP contribution in [0, 0.1) is 0 Å². The zero-order chi connectivity index (χ0) is 22.9. The molecular weight excluding hydrogens is 446 g/mol. The smallest absolute Gasteiger partial charge is 0.255 e. The molecular formula is C24H26ClN3O3S. The van der Waals surface area contributed by atoms with Crippen LogP contribution < -0.4 is 0 Å². The summed E-state index contributed by atoms with van der Waals surface area (Å²) in [5, 5.41) is 2.73. The second-order valence-corrected chi connectivity index (χ2v) is 10.7. The first kappa shape index (κ1) is 22.7. The molecule has 6 nitrogen and oxygen atoms in total. The molecule has 1 aliphatic heterocycles. The van der Waals surface area contributed by atoms with E-state index < -0.39 is 10.0 Å². The van der Waals surface area contributed by atoms with Crippen molar-refractivity contribution in [3.05, 3.63) is 76.8 Å². The van der Waals surface area contributed by atoms with Crippen molar-refractivity contribution in [1.82, 2.24) is 14.1 Å². The van der Waals surface area contributed by atoms with Gasteiger partial charge in [0, 0.05) is 46.8 Å². The molecule has 1 fully saturated rings. The van der Waals surface area contributed by atoms with E-state index in [1.165, 1.54) is 48.6 Å². The predicted molar refractivity (Wildman–Crippen MR) is 127 cm³/mol. The van der Waals surface area contributed by atoms with Gasteiger partial charge in [-0.3, -0.25) is 9.69 Å². The molecule has 8 heteroatoms. The lowest BCUT2D eigenvalue weighted by molar-refractivity contribution is 0.0629. The van der Waals surface area contributed by atoms with Crippen LogP contribution in [-0.2, 0) is 16.6 Å². The molecule has 0 bridgehead atoms. The SMILES string of the molecule is CN(C)S(=O)(=O)c1ccc(Cl)c(C(=O)N2CCN(Cc3cccc4ccccc34)CC2)c1. The van der Waals surface area contributed by atoms with Gasteiger partial charge in [-0.15, -0.1) is 0 Å². The summed E-state index contributed by atoms with van der Waals surface area (Å²) in [5.41, 5.74) is 1.49. The molecule has 1 saturated heterocycles. The van der Waals surface area contributed by atoms with E-state index in [-0.39, 0.29) is 21.4 Å². The van der Waals surface area contributed by atoms with Crippen LogP contribution in [0.3, 0.4) is 0 Å². The molecule has 3 aromatic rings. The molecule has 0 spiro atoms. The monoisotopic (exact) mass is 471 g/mol. The van der Waals surface area contributed by atoms with Crippen LogP contribution in [0.25, 0.3) is 10.8 Å². The molecule has 1 heterocycles. The minimum absolute atomic E-state index is 0.0600. The summed E-state index contributed by atoms with van der Waals surface area (Å²) in [4.78, 5) is 17.3. The van der Waals surface area contributed by atoms with Crippen LogP contribution in [0.2, 0.25) is 5.02 Å². The Bertz CT molecular complexity index is 1250. The standard InChI is InChI=1S/C24H26ClN3O3S/c1-26(2)32(30,31)20-10-11-23(25)22(16-20)24(29)28-14-12-27(13-15-28)17-19-8-5-7-18-6-3-4-9-21(18)19/h3-11,16H,12-15,17H2,1-2H3. The van der Waals surface area contributed by atoms with Crippen LogP contribution in [0.5, 0.6) is 0 Å². The lowest BCUT2D eigenvalue weighted by Crippen LogP contribution is -2.48. The zero-order valence-corrected chi connectivity index (χ0v) is 19.7. The average molecular weight is 472 g/mol. The van der Waals surface area contributed by atoms with Crippen molar-refractivity contribution < 1.29 is 13.2 Å². The molecule has 32 heavy (non-hydrogen) atoms.